The van der Waals surface area contributed by atoms with Crippen LogP contribution in [0.1, 0.15) is 59.5 Å². The first-order valence-corrected chi connectivity index (χ1v) is 17.3. The monoisotopic (exact) mass is 663 g/mol. The van der Waals surface area contributed by atoms with E-state index < -0.39 is 12.1 Å². The number of rotatable bonds is 10. The van der Waals surface area contributed by atoms with Crippen molar-refractivity contribution in [2.24, 2.45) is 0 Å². The molecule has 1 spiro atoms. The molecule has 9 heteroatoms. The van der Waals surface area contributed by atoms with Crippen molar-refractivity contribution in [1.82, 2.24) is 15.5 Å². The Morgan fingerprint density at radius 1 is 0.735 bits per heavy atom. The molecule has 7 rings (SSSR count). The molecule has 0 radical (unpaired) electrons. The second-order valence-electron chi connectivity index (χ2n) is 13.1. The summed E-state index contributed by atoms with van der Waals surface area (Å²) in [6.45, 7) is 4.85. The number of urea groups is 1. The van der Waals surface area contributed by atoms with Crippen LogP contribution in [0.4, 0.5) is 4.79 Å². The van der Waals surface area contributed by atoms with Crippen molar-refractivity contribution in [3.8, 4) is 11.1 Å². The number of ether oxygens (including phenoxy) is 4. The molecular formula is C40H45N3O6. The van der Waals surface area contributed by atoms with E-state index in [4.69, 9.17) is 18.9 Å². The van der Waals surface area contributed by atoms with E-state index in [2.05, 4.69) is 45.9 Å². The van der Waals surface area contributed by atoms with E-state index in [-0.39, 0.29) is 24.8 Å². The van der Waals surface area contributed by atoms with Crippen LogP contribution in [0.5, 0.6) is 0 Å². The Hall–Kier alpha value is -4.09. The number of aliphatic hydroxyl groups excluding tert-OH is 1. The average Bonchev–Trinajstić information content (AvgIpc) is 3.62. The molecule has 9 nitrogen and oxygen atoms in total. The minimum Gasteiger partial charge on any atom is -0.392 e. The van der Waals surface area contributed by atoms with E-state index in [0.29, 0.717) is 26.3 Å². The first-order chi connectivity index (χ1) is 24.0. The van der Waals surface area contributed by atoms with E-state index in [1.807, 2.05) is 72.8 Å². The fourth-order valence-corrected chi connectivity index (χ4v) is 6.93. The number of benzene rings is 4. The molecule has 4 aromatic rings. The SMILES string of the molecule is O=C(NCc1ccccc1)NCc1cccc(-c2cccc([C@H]3O[C@@H](CN4CCC5(CC4)OCCO5)C[C@@H](c4ccc(CO)cc4)O3)c2)c1. The highest BCUT2D eigenvalue weighted by Gasteiger charge is 2.41. The predicted molar refractivity (Wildman–Crippen MR) is 186 cm³/mol. The summed E-state index contributed by atoms with van der Waals surface area (Å²) in [7, 11) is 0. The zero-order valence-electron chi connectivity index (χ0n) is 27.8. The summed E-state index contributed by atoms with van der Waals surface area (Å²) in [6.07, 6.45) is 1.72. The Morgan fingerprint density at radius 3 is 2.14 bits per heavy atom. The number of nitrogens with zero attached hydrogens (tertiary/aromatic N) is 1. The molecule has 3 aliphatic rings. The van der Waals surface area contributed by atoms with Crippen LogP contribution >= 0.6 is 0 Å². The molecule has 3 aliphatic heterocycles. The molecule has 0 unspecified atom stereocenters. The summed E-state index contributed by atoms with van der Waals surface area (Å²) in [5.41, 5.74) is 7.05. The number of aliphatic hydroxyl groups is 1. The summed E-state index contributed by atoms with van der Waals surface area (Å²) < 4.78 is 25.3. The average molecular weight is 664 g/mol. The third-order valence-electron chi connectivity index (χ3n) is 9.68. The van der Waals surface area contributed by atoms with Crippen molar-refractivity contribution < 1.29 is 28.8 Å². The van der Waals surface area contributed by atoms with Crippen LogP contribution in [0, 0.1) is 0 Å². The normalized spacial score (nSPS) is 22.2. The van der Waals surface area contributed by atoms with Gasteiger partial charge in [-0.1, -0.05) is 91.0 Å². The van der Waals surface area contributed by atoms with Gasteiger partial charge in [-0.3, -0.25) is 0 Å². The molecule has 3 N–H and O–H groups in total. The summed E-state index contributed by atoms with van der Waals surface area (Å²) in [5.74, 6) is -0.408. The molecule has 3 atom stereocenters. The second-order valence-corrected chi connectivity index (χ2v) is 13.1. The molecule has 49 heavy (non-hydrogen) atoms. The highest BCUT2D eigenvalue weighted by Crippen LogP contribution is 2.40. The topological polar surface area (TPSA) is 102 Å². The maximum Gasteiger partial charge on any atom is 0.315 e. The van der Waals surface area contributed by atoms with Crippen molar-refractivity contribution in [1.29, 1.82) is 0 Å². The molecular weight excluding hydrogens is 618 g/mol. The predicted octanol–water partition coefficient (Wildman–Crippen LogP) is 6.23. The Labute approximate surface area is 288 Å². The number of likely N-dealkylation sites (tertiary alicyclic amines) is 1. The zero-order chi connectivity index (χ0) is 33.5. The summed E-state index contributed by atoms with van der Waals surface area (Å²) in [4.78, 5) is 14.9. The maximum absolute atomic E-state index is 12.5. The summed E-state index contributed by atoms with van der Waals surface area (Å²) >= 11 is 0. The maximum atomic E-state index is 12.5. The van der Waals surface area contributed by atoms with Crippen LogP contribution in [0.2, 0.25) is 0 Å². The molecule has 256 valence electrons. The molecule has 3 heterocycles. The number of hydrogen-bond acceptors (Lipinski definition) is 7. The van der Waals surface area contributed by atoms with Gasteiger partial charge in [0.15, 0.2) is 12.1 Å². The first kappa shape index (κ1) is 33.4. The summed E-state index contributed by atoms with van der Waals surface area (Å²) in [6, 6.07) is 34.2. The van der Waals surface area contributed by atoms with Crippen LogP contribution < -0.4 is 10.6 Å². The van der Waals surface area contributed by atoms with Crippen molar-refractivity contribution in [2.75, 3.05) is 32.8 Å². The quantitative estimate of drug-likeness (QED) is 0.185. The lowest BCUT2D eigenvalue weighted by Crippen LogP contribution is -2.48. The lowest BCUT2D eigenvalue weighted by atomic mass is 9.97. The largest absolute Gasteiger partial charge is 0.392 e. The zero-order valence-corrected chi connectivity index (χ0v) is 27.8. The van der Waals surface area contributed by atoms with Gasteiger partial charge in [0.25, 0.3) is 0 Å². The minimum absolute atomic E-state index is 0.00948. The highest BCUT2D eigenvalue weighted by molar-refractivity contribution is 5.74. The van der Waals surface area contributed by atoms with E-state index in [1.54, 1.807) is 0 Å². The Bertz CT molecular complexity index is 1670. The smallest absolute Gasteiger partial charge is 0.315 e. The molecule has 0 saturated carbocycles. The number of amides is 2. The van der Waals surface area contributed by atoms with Gasteiger partial charge in [-0.25, -0.2) is 4.79 Å². The number of hydrogen-bond donors (Lipinski definition) is 3. The van der Waals surface area contributed by atoms with Crippen molar-refractivity contribution in [3.05, 3.63) is 131 Å². The van der Waals surface area contributed by atoms with Crippen LogP contribution in [-0.2, 0) is 38.6 Å². The lowest BCUT2D eigenvalue weighted by molar-refractivity contribution is -0.255. The van der Waals surface area contributed by atoms with Gasteiger partial charge >= 0.3 is 6.03 Å². The number of carbonyl (C=O) groups is 1. The van der Waals surface area contributed by atoms with Gasteiger partial charge in [-0.05, 0) is 45.5 Å². The Morgan fingerprint density at radius 2 is 1.41 bits per heavy atom. The van der Waals surface area contributed by atoms with Crippen molar-refractivity contribution in [3.63, 3.8) is 0 Å². The van der Waals surface area contributed by atoms with Crippen LogP contribution in [0.15, 0.2) is 103 Å². The highest BCUT2D eigenvalue weighted by atomic mass is 16.7. The van der Waals surface area contributed by atoms with E-state index in [0.717, 1.165) is 77.8 Å². The van der Waals surface area contributed by atoms with Gasteiger partial charge in [-0.2, -0.15) is 0 Å². The number of nitrogens with one attached hydrogen (secondary N) is 2. The molecule has 3 saturated heterocycles. The lowest BCUT2D eigenvalue weighted by Gasteiger charge is -2.41. The molecule has 0 bridgehead atoms. The molecule has 2 amide bonds. The van der Waals surface area contributed by atoms with Crippen LogP contribution in [-0.4, -0.2) is 60.8 Å². The van der Waals surface area contributed by atoms with Crippen molar-refractivity contribution >= 4 is 6.03 Å². The number of carbonyl (C=O) groups excluding carboxylic acids is 1. The molecule has 0 aliphatic carbocycles. The van der Waals surface area contributed by atoms with E-state index >= 15 is 0 Å². The van der Waals surface area contributed by atoms with Gasteiger partial charge in [0.2, 0.25) is 0 Å². The Balaban J connectivity index is 1.03. The first-order valence-electron chi connectivity index (χ1n) is 17.3. The molecule has 4 aromatic carbocycles. The van der Waals surface area contributed by atoms with E-state index in [9.17, 15) is 9.90 Å². The number of piperidine rings is 1. The summed E-state index contributed by atoms with van der Waals surface area (Å²) in [5, 5.41) is 15.5. The Kier molecular flexibility index (Phi) is 10.7. The van der Waals surface area contributed by atoms with Crippen LogP contribution in [0.25, 0.3) is 11.1 Å². The standard InChI is InChI=1S/C40H45N3O6/c44-28-30-12-14-32(15-13-30)37-24-36(27-43-18-16-40(17-19-43)46-20-21-47-40)48-38(49-37)35-11-5-10-34(23-35)33-9-4-8-31(22-33)26-42-39(45)41-25-29-6-2-1-3-7-29/h1-15,22-23,36-38,44H,16-21,24-28H2,(H2,41,42,45)/t36-,37+,38+/m1/s1. The van der Waals surface area contributed by atoms with Gasteiger partial charge in [0, 0.05) is 57.5 Å². The fraction of sp³-hybridized carbons (Fsp3) is 0.375. The van der Waals surface area contributed by atoms with Gasteiger partial charge < -0.3 is 39.6 Å². The second kappa shape index (κ2) is 15.6. The van der Waals surface area contributed by atoms with Crippen LogP contribution in [0.3, 0.4) is 0 Å². The van der Waals surface area contributed by atoms with Gasteiger partial charge in [0.05, 0.1) is 32.0 Å². The van der Waals surface area contributed by atoms with E-state index in [1.165, 1.54) is 0 Å². The third kappa shape index (κ3) is 8.56. The fourth-order valence-electron chi connectivity index (χ4n) is 6.93. The van der Waals surface area contributed by atoms with Crippen molar-refractivity contribution in [2.45, 2.75) is 63.2 Å². The van der Waals surface area contributed by atoms with Gasteiger partial charge in [-0.15, -0.1) is 0 Å². The molecule has 3 fully saturated rings. The van der Waals surface area contributed by atoms with Gasteiger partial charge in [0.1, 0.15) is 0 Å². The third-order valence-corrected chi connectivity index (χ3v) is 9.68. The minimum atomic E-state index is -0.544. The molecule has 0 aromatic heterocycles.